The van der Waals surface area contributed by atoms with Crippen molar-refractivity contribution in [2.45, 2.75) is 12.1 Å². The number of thioether (sulfide) groups is 1. The molecule has 1 aromatic rings. The van der Waals surface area contributed by atoms with Gasteiger partial charge in [-0.1, -0.05) is 11.6 Å². The maximum atomic E-state index is 6.15. The second-order valence-electron chi connectivity index (χ2n) is 4.78. The van der Waals surface area contributed by atoms with E-state index in [-0.39, 0.29) is 6.04 Å². The van der Waals surface area contributed by atoms with Crippen LogP contribution in [0.15, 0.2) is 18.2 Å². The standard InChI is InChI=1S/C14H21ClN2OS/c1-16-14(12-9-19-7-6-17(12)2)11-8-10(15)4-5-13(11)18-3/h4-5,8,12,14,16H,6-7,9H2,1-3H3. The van der Waals surface area contributed by atoms with Gasteiger partial charge in [0.1, 0.15) is 5.75 Å². The molecule has 1 fully saturated rings. The maximum absolute atomic E-state index is 6.15. The number of hydrogen-bond donors (Lipinski definition) is 1. The molecular weight excluding hydrogens is 280 g/mol. The molecule has 1 aromatic carbocycles. The van der Waals surface area contributed by atoms with E-state index in [1.165, 1.54) is 5.75 Å². The number of benzene rings is 1. The van der Waals surface area contributed by atoms with Crippen LogP contribution >= 0.6 is 23.4 Å². The lowest BCUT2D eigenvalue weighted by Gasteiger charge is -2.38. The van der Waals surface area contributed by atoms with Crippen molar-refractivity contribution < 1.29 is 4.74 Å². The van der Waals surface area contributed by atoms with Crippen LogP contribution in [0.25, 0.3) is 0 Å². The average molecular weight is 301 g/mol. The Labute approximate surface area is 124 Å². The van der Waals surface area contributed by atoms with Crippen molar-refractivity contribution >= 4 is 23.4 Å². The summed E-state index contributed by atoms with van der Waals surface area (Å²) in [5.74, 6) is 3.22. The third kappa shape index (κ3) is 3.37. The van der Waals surface area contributed by atoms with Gasteiger partial charge in [0.25, 0.3) is 0 Å². The Morgan fingerprint density at radius 3 is 2.95 bits per heavy atom. The first-order valence-corrected chi connectivity index (χ1v) is 7.99. The minimum Gasteiger partial charge on any atom is -0.496 e. The van der Waals surface area contributed by atoms with Crippen LogP contribution in [0, 0.1) is 0 Å². The Hall–Kier alpha value is -0.420. The predicted octanol–water partition coefficient (Wildman–Crippen LogP) is 2.66. The Kier molecular flexibility index (Phi) is 5.39. The largest absolute Gasteiger partial charge is 0.496 e. The molecule has 1 N–H and O–H groups in total. The molecule has 2 unspecified atom stereocenters. The number of rotatable bonds is 4. The third-order valence-electron chi connectivity index (χ3n) is 3.67. The summed E-state index contributed by atoms with van der Waals surface area (Å²) in [6, 6.07) is 6.50. The Morgan fingerprint density at radius 2 is 2.32 bits per heavy atom. The molecule has 1 aliphatic rings. The normalized spacial score (nSPS) is 22.2. The number of methoxy groups -OCH3 is 1. The van der Waals surface area contributed by atoms with Crippen LogP contribution in [-0.2, 0) is 0 Å². The third-order valence-corrected chi connectivity index (χ3v) is 4.95. The average Bonchev–Trinajstić information content (AvgIpc) is 2.42. The Bertz CT molecular complexity index is 430. The van der Waals surface area contributed by atoms with Crippen LogP contribution in [0.3, 0.4) is 0 Å². The summed E-state index contributed by atoms with van der Waals surface area (Å²) in [5, 5.41) is 4.18. The summed E-state index contributed by atoms with van der Waals surface area (Å²) >= 11 is 8.16. The number of hydrogen-bond acceptors (Lipinski definition) is 4. The van der Waals surface area contributed by atoms with Crippen molar-refractivity contribution in [3.63, 3.8) is 0 Å². The summed E-state index contributed by atoms with van der Waals surface area (Å²) in [4.78, 5) is 2.41. The van der Waals surface area contributed by atoms with Crippen molar-refractivity contribution in [3.8, 4) is 5.75 Å². The van der Waals surface area contributed by atoms with Crippen molar-refractivity contribution in [1.82, 2.24) is 10.2 Å². The predicted molar refractivity (Wildman–Crippen MR) is 83.5 cm³/mol. The molecular formula is C14H21ClN2OS. The number of halogens is 1. The number of nitrogens with one attached hydrogen (secondary N) is 1. The molecule has 1 heterocycles. The SMILES string of the molecule is CNC(c1cc(Cl)ccc1OC)C1CSCCN1C. The first-order chi connectivity index (χ1) is 9.17. The van der Waals surface area contributed by atoms with Gasteiger partial charge in [-0.15, -0.1) is 0 Å². The summed E-state index contributed by atoms with van der Waals surface area (Å²) in [6.45, 7) is 1.12. The van der Waals surface area contributed by atoms with E-state index in [0.29, 0.717) is 6.04 Å². The summed E-state index contributed by atoms with van der Waals surface area (Å²) < 4.78 is 5.49. The molecule has 0 bridgehead atoms. The highest BCUT2D eigenvalue weighted by atomic mass is 35.5. The molecule has 0 aliphatic carbocycles. The van der Waals surface area contributed by atoms with E-state index in [4.69, 9.17) is 16.3 Å². The van der Waals surface area contributed by atoms with Crippen molar-refractivity contribution in [2.75, 3.05) is 39.3 Å². The molecule has 5 heteroatoms. The van der Waals surface area contributed by atoms with Crippen LogP contribution in [0.4, 0.5) is 0 Å². The van der Waals surface area contributed by atoms with Crippen molar-refractivity contribution in [2.24, 2.45) is 0 Å². The van der Waals surface area contributed by atoms with Gasteiger partial charge >= 0.3 is 0 Å². The first-order valence-electron chi connectivity index (χ1n) is 6.46. The molecule has 1 saturated heterocycles. The number of likely N-dealkylation sites (N-methyl/N-ethyl adjacent to an activating group) is 2. The van der Waals surface area contributed by atoms with E-state index < -0.39 is 0 Å². The van der Waals surface area contributed by atoms with Crippen LogP contribution in [0.1, 0.15) is 11.6 Å². The zero-order valence-electron chi connectivity index (χ0n) is 11.6. The van der Waals surface area contributed by atoms with Gasteiger partial charge in [-0.2, -0.15) is 11.8 Å². The van der Waals surface area contributed by atoms with E-state index in [1.54, 1.807) is 7.11 Å². The van der Waals surface area contributed by atoms with Crippen LogP contribution in [0.5, 0.6) is 5.75 Å². The molecule has 2 rings (SSSR count). The van der Waals surface area contributed by atoms with Gasteiger partial charge in [0.15, 0.2) is 0 Å². The highest BCUT2D eigenvalue weighted by Gasteiger charge is 2.30. The second-order valence-corrected chi connectivity index (χ2v) is 6.36. The number of nitrogens with zero attached hydrogens (tertiary/aromatic N) is 1. The Morgan fingerprint density at radius 1 is 1.53 bits per heavy atom. The minimum atomic E-state index is 0.228. The molecule has 0 saturated carbocycles. The lowest BCUT2D eigenvalue weighted by Crippen LogP contribution is -2.47. The van der Waals surface area contributed by atoms with Crippen LogP contribution < -0.4 is 10.1 Å². The van der Waals surface area contributed by atoms with Gasteiger partial charge in [-0.05, 0) is 32.3 Å². The summed E-state index contributed by atoms with van der Waals surface area (Å²) in [5.41, 5.74) is 1.14. The quantitative estimate of drug-likeness (QED) is 0.924. The summed E-state index contributed by atoms with van der Waals surface area (Å²) in [6.07, 6.45) is 0. The molecule has 0 amide bonds. The van der Waals surface area contributed by atoms with Crippen molar-refractivity contribution in [3.05, 3.63) is 28.8 Å². The summed E-state index contributed by atoms with van der Waals surface area (Å²) in [7, 11) is 5.89. The lowest BCUT2D eigenvalue weighted by atomic mass is 9.98. The van der Waals surface area contributed by atoms with E-state index in [2.05, 4.69) is 17.3 Å². The van der Waals surface area contributed by atoms with Gasteiger partial charge < -0.3 is 10.1 Å². The first kappa shape index (κ1) is 15.0. The fourth-order valence-electron chi connectivity index (χ4n) is 2.56. The van der Waals surface area contributed by atoms with Crippen LogP contribution in [0.2, 0.25) is 5.02 Å². The smallest absolute Gasteiger partial charge is 0.123 e. The van der Waals surface area contributed by atoms with Gasteiger partial charge in [0.2, 0.25) is 0 Å². The zero-order chi connectivity index (χ0) is 13.8. The van der Waals surface area contributed by atoms with Gasteiger partial charge in [-0.3, -0.25) is 4.90 Å². The lowest BCUT2D eigenvalue weighted by molar-refractivity contribution is 0.218. The van der Waals surface area contributed by atoms with E-state index >= 15 is 0 Å². The fraction of sp³-hybridized carbons (Fsp3) is 0.571. The highest BCUT2D eigenvalue weighted by Crippen LogP contribution is 2.33. The van der Waals surface area contributed by atoms with Crippen LogP contribution in [-0.4, -0.2) is 50.2 Å². The van der Waals surface area contributed by atoms with Crippen molar-refractivity contribution in [1.29, 1.82) is 0 Å². The second kappa shape index (κ2) is 6.84. The zero-order valence-corrected chi connectivity index (χ0v) is 13.2. The minimum absolute atomic E-state index is 0.228. The molecule has 106 valence electrons. The molecule has 2 atom stereocenters. The molecule has 0 radical (unpaired) electrons. The molecule has 3 nitrogen and oxygen atoms in total. The fourth-order valence-corrected chi connectivity index (χ4v) is 4.01. The molecule has 19 heavy (non-hydrogen) atoms. The topological polar surface area (TPSA) is 24.5 Å². The highest BCUT2D eigenvalue weighted by molar-refractivity contribution is 7.99. The monoisotopic (exact) mass is 300 g/mol. The maximum Gasteiger partial charge on any atom is 0.123 e. The van der Waals surface area contributed by atoms with E-state index in [1.807, 2.05) is 37.0 Å². The van der Waals surface area contributed by atoms with Gasteiger partial charge in [-0.25, -0.2) is 0 Å². The number of ether oxygens (including phenoxy) is 1. The molecule has 0 aromatic heterocycles. The van der Waals surface area contributed by atoms with Gasteiger partial charge in [0.05, 0.1) is 13.2 Å². The molecule has 0 spiro atoms. The Balaban J connectivity index is 2.32. The van der Waals surface area contributed by atoms with Gasteiger partial charge in [0, 0.05) is 34.7 Å². The van der Waals surface area contributed by atoms with E-state index in [9.17, 15) is 0 Å². The molecule has 1 aliphatic heterocycles. The van der Waals surface area contributed by atoms with E-state index in [0.717, 1.165) is 28.6 Å².